The van der Waals surface area contributed by atoms with Crippen LogP contribution in [0, 0.1) is 0 Å². The second-order valence-electron chi connectivity index (χ2n) is 3.54. The van der Waals surface area contributed by atoms with Crippen molar-refractivity contribution in [1.82, 2.24) is 5.32 Å². The average Bonchev–Trinajstić information content (AvgIpc) is 2.26. The maximum Gasteiger partial charge on any atom is 0.217 e. The predicted octanol–water partition coefficient (Wildman–Crippen LogP) is 1.60. The number of methoxy groups -OCH3 is 1. The lowest BCUT2D eigenvalue weighted by Gasteiger charge is -2.15. The van der Waals surface area contributed by atoms with Crippen molar-refractivity contribution in [2.45, 2.75) is 20.0 Å². The Morgan fingerprint density at radius 1 is 1.44 bits per heavy atom. The molecule has 1 aromatic rings. The molecule has 88 valence electrons. The average molecular weight is 223 g/mol. The molecule has 1 amide bonds. The normalized spacial score (nSPS) is 11.7. The SMILES string of the molecule is COc1cccc(O[C@H](C)CNC(C)=O)c1. The van der Waals surface area contributed by atoms with Crippen molar-refractivity contribution in [3.63, 3.8) is 0 Å². The monoisotopic (exact) mass is 223 g/mol. The Labute approximate surface area is 95.6 Å². The Balaban J connectivity index is 2.48. The van der Waals surface area contributed by atoms with Crippen LogP contribution in [0.4, 0.5) is 0 Å². The first-order valence-electron chi connectivity index (χ1n) is 5.17. The van der Waals surface area contributed by atoms with Gasteiger partial charge in [0, 0.05) is 13.0 Å². The van der Waals surface area contributed by atoms with Crippen LogP contribution in [0.25, 0.3) is 0 Å². The van der Waals surface area contributed by atoms with Crippen LogP contribution >= 0.6 is 0 Å². The molecule has 0 radical (unpaired) electrons. The first kappa shape index (κ1) is 12.4. The molecule has 0 heterocycles. The van der Waals surface area contributed by atoms with E-state index in [4.69, 9.17) is 9.47 Å². The molecule has 0 saturated heterocycles. The van der Waals surface area contributed by atoms with Crippen LogP contribution in [-0.4, -0.2) is 25.7 Å². The number of amides is 1. The van der Waals surface area contributed by atoms with E-state index in [0.29, 0.717) is 6.54 Å². The van der Waals surface area contributed by atoms with Crippen molar-refractivity contribution in [2.24, 2.45) is 0 Å². The molecular formula is C12H17NO3. The minimum atomic E-state index is -0.0731. The zero-order valence-corrected chi connectivity index (χ0v) is 9.82. The van der Waals surface area contributed by atoms with Crippen molar-refractivity contribution in [3.05, 3.63) is 24.3 Å². The summed E-state index contributed by atoms with van der Waals surface area (Å²) in [6, 6.07) is 7.38. The topological polar surface area (TPSA) is 47.6 Å². The summed E-state index contributed by atoms with van der Waals surface area (Å²) in [7, 11) is 1.61. The van der Waals surface area contributed by atoms with Gasteiger partial charge in [-0.3, -0.25) is 4.79 Å². The minimum Gasteiger partial charge on any atom is -0.497 e. The summed E-state index contributed by atoms with van der Waals surface area (Å²) in [5.74, 6) is 1.43. The van der Waals surface area contributed by atoms with Crippen LogP contribution in [0.15, 0.2) is 24.3 Å². The summed E-state index contributed by atoms with van der Waals surface area (Å²) >= 11 is 0. The molecule has 0 aliphatic heterocycles. The zero-order chi connectivity index (χ0) is 12.0. The molecule has 0 aliphatic carbocycles. The number of ether oxygens (including phenoxy) is 2. The zero-order valence-electron chi connectivity index (χ0n) is 9.82. The number of carbonyl (C=O) groups excluding carboxylic acids is 1. The van der Waals surface area contributed by atoms with E-state index in [1.54, 1.807) is 7.11 Å². The molecule has 0 aromatic heterocycles. The van der Waals surface area contributed by atoms with Crippen molar-refractivity contribution >= 4 is 5.91 Å². The Morgan fingerprint density at radius 3 is 2.75 bits per heavy atom. The van der Waals surface area contributed by atoms with E-state index in [0.717, 1.165) is 11.5 Å². The molecule has 1 aromatic carbocycles. The van der Waals surface area contributed by atoms with Gasteiger partial charge in [0.15, 0.2) is 0 Å². The number of hydrogen-bond donors (Lipinski definition) is 1. The van der Waals surface area contributed by atoms with E-state index in [2.05, 4.69) is 5.32 Å². The van der Waals surface area contributed by atoms with Crippen LogP contribution in [0.5, 0.6) is 11.5 Å². The van der Waals surface area contributed by atoms with E-state index >= 15 is 0 Å². The summed E-state index contributed by atoms with van der Waals surface area (Å²) in [6.07, 6.45) is -0.0731. The first-order valence-corrected chi connectivity index (χ1v) is 5.17. The minimum absolute atomic E-state index is 0.0545. The quantitative estimate of drug-likeness (QED) is 0.824. The molecule has 4 nitrogen and oxygen atoms in total. The number of carbonyl (C=O) groups is 1. The van der Waals surface area contributed by atoms with Gasteiger partial charge in [-0.1, -0.05) is 6.07 Å². The van der Waals surface area contributed by atoms with Gasteiger partial charge in [0.2, 0.25) is 5.91 Å². The van der Waals surface area contributed by atoms with Crippen LogP contribution in [0.3, 0.4) is 0 Å². The number of benzene rings is 1. The highest BCUT2D eigenvalue weighted by Gasteiger charge is 2.05. The number of hydrogen-bond acceptors (Lipinski definition) is 3. The molecule has 16 heavy (non-hydrogen) atoms. The Kier molecular flexibility index (Phi) is 4.64. The highest BCUT2D eigenvalue weighted by atomic mass is 16.5. The molecule has 0 bridgehead atoms. The molecule has 0 spiro atoms. The van der Waals surface area contributed by atoms with Gasteiger partial charge in [-0.2, -0.15) is 0 Å². The predicted molar refractivity (Wildman–Crippen MR) is 61.8 cm³/mol. The van der Waals surface area contributed by atoms with Gasteiger partial charge in [0.25, 0.3) is 0 Å². The molecule has 1 N–H and O–H groups in total. The van der Waals surface area contributed by atoms with Crippen molar-refractivity contribution < 1.29 is 14.3 Å². The van der Waals surface area contributed by atoms with Crippen molar-refractivity contribution in [2.75, 3.05) is 13.7 Å². The summed E-state index contributed by atoms with van der Waals surface area (Å²) in [5, 5.41) is 2.70. The fraction of sp³-hybridized carbons (Fsp3) is 0.417. The summed E-state index contributed by atoms with van der Waals surface area (Å²) in [4.78, 5) is 10.7. The van der Waals surface area contributed by atoms with Crippen LogP contribution < -0.4 is 14.8 Å². The van der Waals surface area contributed by atoms with E-state index in [9.17, 15) is 4.79 Å². The standard InChI is InChI=1S/C12H17NO3/c1-9(8-13-10(2)14)16-12-6-4-5-11(7-12)15-3/h4-7,9H,8H2,1-3H3,(H,13,14)/t9-/m1/s1. The van der Waals surface area contributed by atoms with E-state index in [1.165, 1.54) is 6.92 Å². The third-order valence-corrected chi connectivity index (χ3v) is 2.02. The molecular weight excluding hydrogens is 206 g/mol. The largest absolute Gasteiger partial charge is 0.497 e. The smallest absolute Gasteiger partial charge is 0.217 e. The third-order valence-electron chi connectivity index (χ3n) is 2.02. The molecule has 0 fully saturated rings. The highest BCUT2D eigenvalue weighted by molar-refractivity contribution is 5.72. The van der Waals surface area contributed by atoms with Crippen LogP contribution in [0.2, 0.25) is 0 Å². The van der Waals surface area contributed by atoms with Gasteiger partial charge < -0.3 is 14.8 Å². The Morgan fingerprint density at radius 2 is 2.12 bits per heavy atom. The third kappa shape index (κ3) is 4.21. The van der Waals surface area contributed by atoms with E-state index < -0.39 is 0 Å². The van der Waals surface area contributed by atoms with Gasteiger partial charge in [-0.15, -0.1) is 0 Å². The van der Waals surface area contributed by atoms with E-state index in [-0.39, 0.29) is 12.0 Å². The first-order chi connectivity index (χ1) is 7.61. The molecule has 1 atom stereocenters. The highest BCUT2D eigenvalue weighted by Crippen LogP contribution is 2.19. The van der Waals surface area contributed by atoms with Gasteiger partial charge in [0.1, 0.15) is 17.6 Å². The van der Waals surface area contributed by atoms with Crippen molar-refractivity contribution in [3.8, 4) is 11.5 Å². The lowest BCUT2D eigenvalue weighted by atomic mass is 10.3. The van der Waals surface area contributed by atoms with Gasteiger partial charge in [-0.05, 0) is 19.1 Å². The van der Waals surface area contributed by atoms with Crippen molar-refractivity contribution in [1.29, 1.82) is 0 Å². The van der Waals surface area contributed by atoms with Gasteiger partial charge >= 0.3 is 0 Å². The summed E-state index contributed by atoms with van der Waals surface area (Å²) in [6.45, 7) is 3.88. The molecule has 1 rings (SSSR count). The second kappa shape index (κ2) is 6.00. The fourth-order valence-electron chi connectivity index (χ4n) is 1.24. The number of nitrogens with one attached hydrogen (secondary N) is 1. The van der Waals surface area contributed by atoms with Gasteiger partial charge in [0.05, 0.1) is 13.7 Å². The Bertz CT molecular complexity index is 352. The number of rotatable bonds is 5. The molecule has 0 unspecified atom stereocenters. The van der Waals surface area contributed by atoms with Gasteiger partial charge in [-0.25, -0.2) is 0 Å². The maximum absolute atomic E-state index is 10.7. The second-order valence-corrected chi connectivity index (χ2v) is 3.54. The maximum atomic E-state index is 10.7. The molecule has 0 saturated carbocycles. The lowest BCUT2D eigenvalue weighted by molar-refractivity contribution is -0.119. The Hall–Kier alpha value is -1.71. The molecule has 4 heteroatoms. The summed E-state index contributed by atoms with van der Waals surface area (Å²) in [5.41, 5.74) is 0. The molecule has 0 aliphatic rings. The van der Waals surface area contributed by atoms with Crippen LogP contribution in [0.1, 0.15) is 13.8 Å². The van der Waals surface area contributed by atoms with E-state index in [1.807, 2.05) is 31.2 Å². The van der Waals surface area contributed by atoms with Crippen LogP contribution in [-0.2, 0) is 4.79 Å². The summed E-state index contributed by atoms with van der Waals surface area (Å²) < 4.78 is 10.7. The fourth-order valence-corrected chi connectivity index (χ4v) is 1.24. The lowest BCUT2D eigenvalue weighted by Crippen LogP contribution is -2.31.